The largest absolute Gasteiger partial charge is 0.0991 e. The van der Waals surface area contributed by atoms with Gasteiger partial charge in [-0.2, -0.15) is 0 Å². The smallest absolute Gasteiger partial charge is 0.00928 e. The molecule has 0 atom stereocenters. The van der Waals surface area contributed by atoms with Gasteiger partial charge in [0.15, 0.2) is 0 Å². The van der Waals surface area contributed by atoms with Crippen molar-refractivity contribution in [2.24, 2.45) is 0 Å². The van der Waals surface area contributed by atoms with E-state index in [1.807, 2.05) is 19.1 Å². The summed E-state index contributed by atoms with van der Waals surface area (Å²) in [6, 6.07) is 24.2. The fourth-order valence-corrected chi connectivity index (χ4v) is 4.29. The molecule has 0 aliphatic rings. The van der Waals surface area contributed by atoms with E-state index in [2.05, 4.69) is 111 Å². The summed E-state index contributed by atoms with van der Waals surface area (Å²) in [5.41, 5.74) is 4.44. The van der Waals surface area contributed by atoms with Crippen molar-refractivity contribution in [3.63, 3.8) is 0 Å². The lowest BCUT2D eigenvalue weighted by Crippen LogP contribution is -1.87. The van der Waals surface area contributed by atoms with Gasteiger partial charge in [-0.05, 0) is 74.5 Å². The van der Waals surface area contributed by atoms with Crippen LogP contribution in [0.4, 0.5) is 0 Å². The van der Waals surface area contributed by atoms with E-state index in [4.69, 9.17) is 0 Å². The van der Waals surface area contributed by atoms with Gasteiger partial charge >= 0.3 is 0 Å². The minimum Gasteiger partial charge on any atom is -0.0991 e. The second-order valence-corrected chi connectivity index (χ2v) is 7.79. The topological polar surface area (TPSA) is 0 Å². The van der Waals surface area contributed by atoms with Crippen molar-refractivity contribution in [1.29, 1.82) is 0 Å². The third-order valence-electron chi connectivity index (χ3n) is 5.95. The molecule has 0 bridgehead atoms. The molecule has 0 saturated carbocycles. The SMILES string of the molecule is C=C/C=C\C(=C/C)C(=C)/C=C\C(=C/C)c1ccc2c3ccccc3c3ccccc3c2c1. The van der Waals surface area contributed by atoms with Gasteiger partial charge in [-0.1, -0.05) is 116 Å². The molecule has 0 nitrogen and oxygen atoms in total. The summed E-state index contributed by atoms with van der Waals surface area (Å²) in [7, 11) is 0. The Balaban J connectivity index is 1.82. The first-order chi connectivity index (χ1) is 15.7. The van der Waals surface area contributed by atoms with Crippen LogP contribution in [0.3, 0.4) is 0 Å². The highest BCUT2D eigenvalue weighted by Gasteiger charge is 2.09. The number of allylic oxidation sites excluding steroid dienone is 10. The Hall–Kier alpha value is -3.90. The first kappa shape index (κ1) is 21.3. The Kier molecular flexibility index (Phi) is 6.33. The van der Waals surface area contributed by atoms with Crippen LogP contribution in [0.15, 0.2) is 134 Å². The molecule has 0 amide bonds. The highest BCUT2D eigenvalue weighted by molar-refractivity contribution is 6.25. The number of rotatable bonds is 6. The first-order valence-corrected chi connectivity index (χ1v) is 11.0. The molecule has 32 heavy (non-hydrogen) atoms. The summed E-state index contributed by atoms with van der Waals surface area (Å²) in [6.07, 6.45) is 14.2. The molecule has 0 radical (unpaired) electrons. The number of hydrogen-bond donors (Lipinski definition) is 0. The Bertz CT molecular complexity index is 1420. The van der Waals surface area contributed by atoms with E-state index < -0.39 is 0 Å². The predicted octanol–water partition coefficient (Wildman–Crippen LogP) is 9.35. The number of benzene rings is 4. The van der Waals surface area contributed by atoms with Crippen molar-refractivity contribution >= 4 is 37.9 Å². The third-order valence-corrected chi connectivity index (χ3v) is 5.95. The minimum atomic E-state index is 0.974. The number of hydrogen-bond acceptors (Lipinski definition) is 0. The van der Waals surface area contributed by atoms with Gasteiger partial charge in [0.25, 0.3) is 0 Å². The third kappa shape index (κ3) is 4.00. The van der Waals surface area contributed by atoms with Gasteiger partial charge in [-0.25, -0.2) is 0 Å². The van der Waals surface area contributed by atoms with E-state index in [9.17, 15) is 0 Å². The number of fused-ring (bicyclic) bond motifs is 6. The van der Waals surface area contributed by atoms with E-state index in [-0.39, 0.29) is 0 Å². The zero-order chi connectivity index (χ0) is 22.5. The zero-order valence-electron chi connectivity index (χ0n) is 18.8. The lowest BCUT2D eigenvalue weighted by atomic mass is 9.92. The maximum absolute atomic E-state index is 4.24. The molecule has 0 heterocycles. The van der Waals surface area contributed by atoms with Crippen molar-refractivity contribution in [3.8, 4) is 0 Å². The van der Waals surface area contributed by atoms with Crippen LogP contribution in [0.2, 0.25) is 0 Å². The molecule has 0 aliphatic heterocycles. The average molecular weight is 413 g/mol. The van der Waals surface area contributed by atoms with Crippen molar-refractivity contribution in [2.45, 2.75) is 13.8 Å². The summed E-state index contributed by atoms with van der Waals surface area (Å²) in [6.45, 7) is 12.1. The zero-order valence-corrected chi connectivity index (χ0v) is 18.8. The standard InChI is InChI=1S/C32H28/c1-5-8-13-24(6-2)23(4)18-19-25(7-3)26-20-21-31-29-16-10-9-14-27(29)28-15-11-12-17-30(28)32(31)22-26/h5-22H,1,4H2,2-3H3/b13-8-,19-18-,24-6+,25-7+. The summed E-state index contributed by atoms with van der Waals surface area (Å²) in [5.74, 6) is 0. The van der Waals surface area contributed by atoms with E-state index >= 15 is 0 Å². The minimum absolute atomic E-state index is 0.974. The van der Waals surface area contributed by atoms with Gasteiger partial charge in [-0.3, -0.25) is 0 Å². The molecular weight excluding hydrogens is 384 g/mol. The molecular formula is C32H28. The van der Waals surface area contributed by atoms with Crippen LogP contribution < -0.4 is 0 Å². The summed E-state index contributed by atoms with van der Waals surface area (Å²) >= 11 is 0. The van der Waals surface area contributed by atoms with E-state index in [0.717, 1.165) is 11.1 Å². The van der Waals surface area contributed by atoms with Crippen LogP contribution in [0.25, 0.3) is 37.9 Å². The van der Waals surface area contributed by atoms with Gasteiger partial charge < -0.3 is 0 Å². The molecule has 4 aromatic carbocycles. The molecule has 156 valence electrons. The maximum atomic E-state index is 4.24. The summed E-state index contributed by atoms with van der Waals surface area (Å²) in [4.78, 5) is 0. The fraction of sp³-hybridized carbons (Fsp3) is 0.0625. The second kappa shape index (κ2) is 9.49. The molecule has 4 aromatic rings. The summed E-state index contributed by atoms with van der Waals surface area (Å²) in [5, 5.41) is 7.76. The lowest BCUT2D eigenvalue weighted by Gasteiger charge is -2.12. The molecule has 0 spiro atoms. The van der Waals surface area contributed by atoms with E-state index in [0.29, 0.717) is 0 Å². The highest BCUT2D eigenvalue weighted by atomic mass is 14.1. The molecule has 4 rings (SSSR count). The fourth-order valence-electron chi connectivity index (χ4n) is 4.29. The molecule has 0 saturated heterocycles. The van der Waals surface area contributed by atoms with Crippen LogP contribution in [-0.2, 0) is 0 Å². The molecule has 0 fully saturated rings. The highest BCUT2D eigenvalue weighted by Crippen LogP contribution is 2.36. The van der Waals surface area contributed by atoms with Crippen LogP contribution in [0.5, 0.6) is 0 Å². The monoisotopic (exact) mass is 412 g/mol. The van der Waals surface area contributed by atoms with E-state index in [1.54, 1.807) is 6.08 Å². The molecule has 0 heteroatoms. The Morgan fingerprint density at radius 2 is 1.22 bits per heavy atom. The van der Waals surface area contributed by atoms with E-state index in [1.165, 1.54) is 43.5 Å². The normalized spacial score (nSPS) is 13.1. The van der Waals surface area contributed by atoms with Crippen LogP contribution in [0.1, 0.15) is 19.4 Å². The molecule has 0 unspecified atom stereocenters. The van der Waals surface area contributed by atoms with Crippen LogP contribution in [0, 0.1) is 0 Å². The van der Waals surface area contributed by atoms with Gasteiger partial charge in [0.2, 0.25) is 0 Å². The quantitative estimate of drug-likeness (QED) is 0.218. The molecule has 0 aliphatic carbocycles. The Morgan fingerprint density at radius 1 is 0.656 bits per heavy atom. The Labute approximate surface area is 190 Å². The predicted molar refractivity (Wildman–Crippen MR) is 144 cm³/mol. The van der Waals surface area contributed by atoms with Gasteiger partial charge in [-0.15, -0.1) is 0 Å². The Morgan fingerprint density at radius 3 is 1.75 bits per heavy atom. The van der Waals surface area contributed by atoms with Crippen molar-refractivity contribution < 1.29 is 0 Å². The van der Waals surface area contributed by atoms with Crippen molar-refractivity contribution in [3.05, 3.63) is 139 Å². The van der Waals surface area contributed by atoms with Gasteiger partial charge in [0.1, 0.15) is 0 Å². The summed E-state index contributed by atoms with van der Waals surface area (Å²) < 4.78 is 0. The average Bonchev–Trinajstić information content (AvgIpc) is 2.85. The molecule has 0 N–H and O–H groups in total. The van der Waals surface area contributed by atoms with Crippen molar-refractivity contribution in [1.82, 2.24) is 0 Å². The van der Waals surface area contributed by atoms with Crippen molar-refractivity contribution in [2.75, 3.05) is 0 Å². The van der Waals surface area contributed by atoms with Crippen LogP contribution in [-0.4, -0.2) is 0 Å². The lowest BCUT2D eigenvalue weighted by molar-refractivity contribution is 1.51. The van der Waals surface area contributed by atoms with Gasteiger partial charge in [0, 0.05) is 0 Å². The molecule has 0 aromatic heterocycles. The van der Waals surface area contributed by atoms with Gasteiger partial charge in [0.05, 0.1) is 0 Å². The first-order valence-electron chi connectivity index (χ1n) is 11.0. The second-order valence-electron chi connectivity index (χ2n) is 7.79. The van der Waals surface area contributed by atoms with Crippen LogP contribution >= 0.6 is 0 Å². The maximum Gasteiger partial charge on any atom is -0.00928 e.